The van der Waals surface area contributed by atoms with Crippen molar-refractivity contribution in [2.75, 3.05) is 6.61 Å². The monoisotopic (exact) mass is 208 g/mol. The molecular weight excluding hydrogens is 188 g/mol. The Kier molecular flexibility index (Phi) is 5.19. The van der Waals surface area contributed by atoms with Crippen molar-refractivity contribution in [3.8, 4) is 5.75 Å². The van der Waals surface area contributed by atoms with E-state index in [2.05, 4.69) is 13.8 Å². The Morgan fingerprint density at radius 1 is 1.20 bits per heavy atom. The molecule has 0 heterocycles. The second-order valence-corrected chi connectivity index (χ2v) is 4.19. The van der Waals surface area contributed by atoms with E-state index in [-0.39, 0.29) is 6.61 Å². The van der Waals surface area contributed by atoms with Crippen molar-refractivity contribution in [1.82, 2.24) is 0 Å². The van der Waals surface area contributed by atoms with E-state index in [1.54, 1.807) is 0 Å². The summed E-state index contributed by atoms with van der Waals surface area (Å²) in [5.74, 6) is 1.63. The van der Waals surface area contributed by atoms with Crippen LogP contribution in [-0.4, -0.2) is 11.7 Å². The third-order valence-electron chi connectivity index (χ3n) is 2.30. The van der Waals surface area contributed by atoms with Crippen LogP contribution < -0.4 is 4.74 Å². The molecule has 0 aliphatic carbocycles. The van der Waals surface area contributed by atoms with Crippen LogP contribution in [0.2, 0.25) is 0 Å². The predicted molar refractivity (Wildman–Crippen MR) is 61.9 cm³/mol. The van der Waals surface area contributed by atoms with E-state index >= 15 is 0 Å². The molecule has 2 heteroatoms. The van der Waals surface area contributed by atoms with E-state index in [9.17, 15) is 0 Å². The number of aliphatic hydroxyl groups excluding tert-OH is 1. The summed E-state index contributed by atoms with van der Waals surface area (Å²) in [6, 6.07) is 7.58. The van der Waals surface area contributed by atoms with Crippen LogP contribution in [0.4, 0.5) is 0 Å². The largest absolute Gasteiger partial charge is 0.494 e. The highest BCUT2D eigenvalue weighted by molar-refractivity contribution is 5.26. The summed E-state index contributed by atoms with van der Waals surface area (Å²) in [4.78, 5) is 0. The number of hydrogen-bond donors (Lipinski definition) is 1. The van der Waals surface area contributed by atoms with Crippen molar-refractivity contribution in [1.29, 1.82) is 0 Å². The molecule has 0 radical (unpaired) electrons. The van der Waals surface area contributed by atoms with E-state index in [0.29, 0.717) is 0 Å². The lowest BCUT2D eigenvalue weighted by molar-refractivity contribution is 0.280. The molecular formula is C13H20O2. The highest BCUT2D eigenvalue weighted by Gasteiger charge is 1.96. The van der Waals surface area contributed by atoms with Gasteiger partial charge in [-0.15, -0.1) is 0 Å². The molecule has 2 nitrogen and oxygen atoms in total. The van der Waals surface area contributed by atoms with E-state index in [1.807, 2.05) is 24.3 Å². The SMILES string of the molecule is CC(C)CCCOc1ccc(CO)cc1. The van der Waals surface area contributed by atoms with E-state index in [0.717, 1.165) is 30.3 Å². The molecule has 0 aliphatic rings. The first-order valence-corrected chi connectivity index (χ1v) is 5.55. The van der Waals surface area contributed by atoms with Gasteiger partial charge in [0, 0.05) is 0 Å². The minimum atomic E-state index is 0.0909. The quantitative estimate of drug-likeness (QED) is 0.728. The van der Waals surface area contributed by atoms with Gasteiger partial charge in [-0.05, 0) is 36.5 Å². The smallest absolute Gasteiger partial charge is 0.119 e. The van der Waals surface area contributed by atoms with Crippen molar-refractivity contribution in [3.63, 3.8) is 0 Å². The Labute approximate surface area is 91.9 Å². The van der Waals surface area contributed by atoms with Gasteiger partial charge in [0.05, 0.1) is 13.2 Å². The van der Waals surface area contributed by atoms with Gasteiger partial charge in [0.15, 0.2) is 0 Å². The van der Waals surface area contributed by atoms with Gasteiger partial charge in [-0.1, -0.05) is 26.0 Å². The van der Waals surface area contributed by atoms with Crippen molar-refractivity contribution in [2.24, 2.45) is 5.92 Å². The van der Waals surface area contributed by atoms with Crippen LogP contribution in [0.3, 0.4) is 0 Å². The lowest BCUT2D eigenvalue weighted by Crippen LogP contribution is -1.99. The molecule has 0 saturated carbocycles. The molecule has 0 fully saturated rings. The molecule has 0 unspecified atom stereocenters. The van der Waals surface area contributed by atoms with Crippen LogP contribution >= 0.6 is 0 Å². The number of hydrogen-bond acceptors (Lipinski definition) is 2. The number of rotatable bonds is 6. The summed E-state index contributed by atoms with van der Waals surface area (Å²) in [7, 11) is 0. The molecule has 15 heavy (non-hydrogen) atoms. The summed E-state index contributed by atoms with van der Waals surface area (Å²) in [5.41, 5.74) is 0.921. The minimum Gasteiger partial charge on any atom is -0.494 e. The summed E-state index contributed by atoms with van der Waals surface area (Å²) >= 11 is 0. The number of benzene rings is 1. The molecule has 0 bridgehead atoms. The van der Waals surface area contributed by atoms with Crippen LogP contribution in [0.15, 0.2) is 24.3 Å². The van der Waals surface area contributed by atoms with Crippen LogP contribution in [0.1, 0.15) is 32.3 Å². The highest BCUT2D eigenvalue weighted by Crippen LogP contribution is 2.13. The Bertz CT molecular complexity index is 264. The first-order chi connectivity index (χ1) is 7.22. The van der Waals surface area contributed by atoms with Gasteiger partial charge in [0.2, 0.25) is 0 Å². The highest BCUT2D eigenvalue weighted by atomic mass is 16.5. The molecule has 1 rings (SSSR count). The van der Waals surface area contributed by atoms with Crippen LogP contribution in [0, 0.1) is 5.92 Å². The van der Waals surface area contributed by atoms with Crippen molar-refractivity contribution < 1.29 is 9.84 Å². The maximum absolute atomic E-state index is 8.86. The van der Waals surface area contributed by atoms with E-state index in [1.165, 1.54) is 6.42 Å². The zero-order valence-corrected chi connectivity index (χ0v) is 9.57. The maximum Gasteiger partial charge on any atom is 0.119 e. The fourth-order valence-electron chi connectivity index (χ4n) is 1.37. The van der Waals surface area contributed by atoms with Crippen LogP contribution in [0.5, 0.6) is 5.75 Å². The topological polar surface area (TPSA) is 29.5 Å². The molecule has 1 N–H and O–H groups in total. The van der Waals surface area contributed by atoms with E-state index < -0.39 is 0 Å². The zero-order chi connectivity index (χ0) is 11.1. The third-order valence-corrected chi connectivity index (χ3v) is 2.30. The molecule has 1 aromatic rings. The van der Waals surface area contributed by atoms with Gasteiger partial charge in [0.1, 0.15) is 5.75 Å². The van der Waals surface area contributed by atoms with Gasteiger partial charge in [-0.3, -0.25) is 0 Å². The molecule has 84 valence electrons. The van der Waals surface area contributed by atoms with Gasteiger partial charge in [0.25, 0.3) is 0 Å². The maximum atomic E-state index is 8.86. The first kappa shape index (κ1) is 12.1. The third kappa shape index (κ3) is 4.84. The fourth-order valence-corrected chi connectivity index (χ4v) is 1.37. The lowest BCUT2D eigenvalue weighted by atomic mass is 10.1. The van der Waals surface area contributed by atoms with Crippen molar-refractivity contribution >= 4 is 0 Å². The number of aliphatic hydroxyl groups is 1. The van der Waals surface area contributed by atoms with Gasteiger partial charge >= 0.3 is 0 Å². The van der Waals surface area contributed by atoms with Gasteiger partial charge < -0.3 is 9.84 Å². The fraction of sp³-hybridized carbons (Fsp3) is 0.538. The Morgan fingerprint density at radius 2 is 1.87 bits per heavy atom. The van der Waals surface area contributed by atoms with Crippen molar-refractivity contribution in [2.45, 2.75) is 33.3 Å². The minimum absolute atomic E-state index is 0.0909. The summed E-state index contributed by atoms with van der Waals surface area (Å²) in [6.45, 7) is 5.30. The lowest BCUT2D eigenvalue weighted by Gasteiger charge is -2.07. The molecule has 0 amide bonds. The second kappa shape index (κ2) is 6.46. The standard InChI is InChI=1S/C13H20O2/c1-11(2)4-3-9-15-13-7-5-12(10-14)6-8-13/h5-8,11,14H,3-4,9-10H2,1-2H3. The average Bonchev–Trinajstić information content (AvgIpc) is 2.25. The average molecular weight is 208 g/mol. The Hall–Kier alpha value is -1.02. The van der Waals surface area contributed by atoms with E-state index in [4.69, 9.17) is 9.84 Å². The van der Waals surface area contributed by atoms with Crippen molar-refractivity contribution in [3.05, 3.63) is 29.8 Å². The Balaban J connectivity index is 2.25. The molecule has 1 aromatic carbocycles. The van der Waals surface area contributed by atoms with Crippen LogP contribution in [0.25, 0.3) is 0 Å². The summed E-state index contributed by atoms with van der Waals surface area (Å²) in [5, 5.41) is 8.86. The molecule has 0 aromatic heterocycles. The predicted octanol–water partition coefficient (Wildman–Crippen LogP) is 2.99. The summed E-state index contributed by atoms with van der Waals surface area (Å²) < 4.78 is 5.57. The number of ether oxygens (including phenoxy) is 1. The molecule has 0 atom stereocenters. The molecule has 0 aliphatic heterocycles. The molecule has 0 spiro atoms. The van der Waals surface area contributed by atoms with Gasteiger partial charge in [-0.25, -0.2) is 0 Å². The van der Waals surface area contributed by atoms with Gasteiger partial charge in [-0.2, -0.15) is 0 Å². The zero-order valence-electron chi connectivity index (χ0n) is 9.57. The second-order valence-electron chi connectivity index (χ2n) is 4.19. The Morgan fingerprint density at radius 3 is 2.40 bits per heavy atom. The van der Waals surface area contributed by atoms with Crippen LogP contribution in [-0.2, 0) is 6.61 Å². The normalized spacial score (nSPS) is 10.7. The summed E-state index contributed by atoms with van der Waals surface area (Å²) in [6.07, 6.45) is 2.30. The first-order valence-electron chi connectivity index (χ1n) is 5.55. The molecule has 0 saturated heterocycles.